The van der Waals surface area contributed by atoms with Gasteiger partial charge in [-0.15, -0.1) is 0 Å². The topological polar surface area (TPSA) is 45.2 Å². The van der Waals surface area contributed by atoms with Gasteiger partial charge in [0.05, 0.1) is 18.8 Å². The number of pyridine rings is 1. The van der Waals surface area contributed by atoms with Gasteiger partial charge in [-0.2, -0.15) is 0 Å². The molecule has 1 atom stereocenters. The van der Waals surface area contributed by atoms with Crippen LogP contribution in [-0.2, 0) is 4.79 Å². The summed E-state index contributed by atoms with van der Waals surface area (Å²) in [5.41, 5.74) is 0. The van der Waals surface area contributed by atoms with Crippen LogP contribution in [0.1, 0.15) is 12.8 Å². The number of likely N-dealkylation sites (tertiary alicyclic amines) is 1. The van der Waals surface area contributed by atoms with Crippen LogP contribution in [0.3, 0.4) is 0 Å². The molecule has 0 amide bonds. The lowest BCUT2D eigenvalue weighted by Gasteiger charge is -2.18. The highest BCUT2D eigenvalue weighted by Crippen LogP contribution is 2.15. The monoisotopic (exact) mass is 237 g/mol. The van der Waals surface area contributed by atoms with Crippen molar-refractivity contribution in [3.05, 3.63) is 24.1 Å². The van der Waals surface area contributed by atoms with Gasteiger partial charge >= 0.3 is 0 Å². The second-order valence-electron chi connectivity index (χ2n) is 4.32. The molecule has 1 N–H and O–H groups in total. The summed E-state index contributed by atoms with van der Waals surface area (Å²) < 4.78 is 12.6. The van der Waals surface area contributed by atoms with Crippen LogP contribution < -0.4 is 5.32 Å². The third-order valence-corrected chi connectivity index (χ3v) is 3.06. The van der Waals surface area contributed by atoms with Crippen LogP contribution in [0.4, 0.5) is 10.2 Å². The van der Waals surface area contributed by atoms with Gasteiger partial charge in [0.1, 0.15) is 11.6 Å². The molecule has 1 aromatic rings. The van der Waals surface area contributed by atoms with Crippen LogP contribution >= 0.6 is 0 Å². The third-order valence-electron chi connectivity index (χ3n) is 3.06. The van der Waals surface area contributed by atoms with E-state index in [2.05, 4.69) is 15.2 Å². The standard InChI is InChI=1S/C12H16FN3O/c1-16-6-2-3-10(16)11(17)8-15-12-5-4-9(13)7-14-12/h4-5,7,10H,2-3,6,8H2,1H3,(H,14,15)/t10-/m0/s1. The van der Waals surface area contributed by atoms with Crippen LogP contribution in [0.2, 0.25) is 0 Å². The van der Waals surface area contributed by atoms with E-state index in [0.29, 0.717) is 5.82 Å². The number of nitrogens with one attached hydrogen (secondary N) is 1. The molecule has 92 valence electrons. The van der Waals surface area contributed by atoms with E-state index in [1.165, 1.54) is 12.1 Å². The molecule has 2 rings (SSSR count). The molecule has 0 saturated carbocycles. The molecule has 2 heterocycles. The van der Waals surface area contributed by atoms with Crippen LogP contribution in [-0.4, -0.2) is 41.8 Å². The van der Waals surface area contributed by atoms with E-state index in [0.717, 1.165) is 25.6 Å². The van der Waals surface area contributed by atoms with E-state index in [1.807, 2.05) is 7.05 Å². The molecular weight excluding hydrogens is 221 g/mol. The normalized spacial score (nSPS) is 20.5. The molecule has 1 saturated heterocycles. The van der Waals surface area contributed by atoms with Gasteiger partial charge in [-0.1, -0.05) is 0 Å². The Bertz CT molecular complexity index is 393. The number of likely N-dealkylation sites (N-methyl/N-ethyl adjacent to an activating group) is 1. The highest BCUT2D eigenvalue weighted by Gasteiger charge is 2.26. The highest BCUT2D eigenvalue weighted by atomic mass is 19.1. The average molecular weight is 237 g/mol. The number of nitrogens with zero attached hydrogens (tertiary/aromatic N) is 2. The molecular formula is C12H16FN3O. The number of hydrogen-bond acceptors (Lipinski definition) is 4. The quantitative estimate of drug-likeness (QED) is 0.857. The molecule has 5 heteroatoms. The zero-order valence-corrected chi connectivity index (χ0v) is 9.82. The Balaban J connectivity index is 1.85. The van der Waals surface area contributed by atoms with Crippen molar-refractivity contribution >= 4 is 11.6 Å². The number of aromatic nitrogens is 1. The predicted molar refractivity (Wildman–Crippen MR) is 63.3 cm³/mol. The highest BCUT2D eigenvalue weighted by molar-refractivity contribution is 5.87. The van der Waals surface area contributed by atoms with E-state index >= 15 is 0 Å². The lowest BCUT2D eigenvalue weighted by Crippen LogP contribution is -2.36. The molecule has 1 aromatic heterocycles. The molecule has 1 aliphatic rings. The van der Waals surface area contributed by atoms with E-state index in [1.54, 1.807) is 0 Å². The van der Waals surface area contributed by atoms with Gasteiger partial charge in [0.2, 0.25) is 0 Å². The Hall–Kier alpha value is -1.49. The van der Waals surface area contributed by atoms with Gasteiger partial charge in [-0.05, 0) is 38.6 Å². The molecule has 0 unspecified atom stereocenters. The largest absolute Gasteiger partial charge is 0.363 e. The van der Waals surface area contributed by atoms with E-state index in [-0.39, 0.29) is 24.2 Å². The van der Waals surface area contributed by atoms with Gasteiger partial charge in [0, 0.05) is 0 Å². The average Bonchev–Trinajstić information content (AvgIpc) is 2.74. The number of rotatable bonds is 4. The lowest BCUT2D eigenvalue weighted by molar-refractivity contribution is -0.121. The summed E-state index contributed by atoms with van der Waals surface area (Å²) in [6, 6.07) is 2.87. The molecule has 0 spiro atoms. The summed E-state index contributed by atoms with van der Waals surface area (Å²) in [5, 5.41) is 2.92. The molecule has 17 heavy (non-hydrogen) atoms. The van der Waals surface area contributed by atoms with Crippen LogP contribution in [0, 0.1) is 5.82 Å². The molecule has 0 radical (unpaired) electrons. The van der Waals surface area contributed by atoms with Crippen molar-refractivity contribution in [2.45, 2.75) is 18.9 Å². The fourth-order valence-corrected chi connectivity index (χ4v) is 2.09. The molecule has 0 bridgehead atoms. The summed E-state index contributed by atoms with van der Waals surface area (Å²) >= 11 is 0. The van der Waals surface area contributed by atoms with Crippen LogP contribution in [0.15, 0.2) is 18.3 Å². The maximum absolute atomic E-state index is 12.6. The minimum Gasteiger partial charge on any atom is -0.363 e. The molecule has 4 nitrogen and oxygen atoms in total. The zero-order chi connectivity index (χ0) is 12.3. The fraction of sp³-hybridized carbons (Fsp3) is 0.500. The Labute approximate surface area is 99.8 Å². The summed E-state index contributed by atoms with van der Waals surface area (Å²) in [6.45, 7) is 1.22. The van der Waals surface area contributed by atoms with Crippen molar-refractivity contribution < 1.29 is 9.18 Å². The summed E-state index contributed by atoms with van der Waals surface area (Å²) in [7, 11) is 1.96. The first kappa shape index (κ1) is 12.0. The second-order valence-corrected chi connectivity index (χ2v) is 4.32. The van der Waals surface area contributed by atoms with Crippen molar-refractivity contribution in [1.29, 1.82) is 0 Å². The SMILES string of the molecule is CN1CCC[C@H]1C(=O)CNc1ccc(F)cn1. The Kier molecular flexibility index (Phi) is 3.68. The third kappa shape index (κ3) is 3.00. The first-order valence-corrected chi connectivity index (χ1v) is 5.75. The number of Topliss-reactive ketones (excluding diaryl/α,β-unsaturated/α-hetero) is 1. The number of carbonyl (C=O) groups is 1. The summed E-state index contributed by atoms with van der Waals surface area (Å²) in [6.07, 6.45) is 3.13. The first-order chi connectivity index (χ1) is 8.16. The van der Waals surface area contributed by atoms with E-state index in [4.69, 9.17) is 0 Å². The zero-order valence-electron chi connectivity index (χ0n) is 9.82. The number of hydrogen-bond donors (Lipinski definition) is 1. The van der Waals surface area contributed by atoms with Gasteiger partial charge in [-0.25, -0.2) is 9.37 Å². The summed E-state index contributed by atoms with van der Waals surface area (Å²) in [4.78, 5) is 17.8. The maximum Gasteiger partial charge on any atom is 0.168 e. The van der Waals surface area contributed by atoms with Crippen molar-refractivity contribution in [3.63, 3.8) is 0 Å². The minimum atomic E-state index is -0.377. The Morgan fingerprint density at radius 3 is 3.06 bits per heavy atom. The van der Waals surface area contributed by atoms with Gasteiger partial charge in [0.25, 0.3) is 0 Å². The maximum atomic E-state index is 12.6. The van der Waals surface area contributed by atoms with Gasteiger partial charge in [0.15, 0.2) is 5.78 Å². The number of halogens is 1. The molecule has 0 aliphatic carbocycles. The summed E-state index contributed by atoms with van der Waals surface area (Å²) in [5.74, 6) is 0.314. The van der Waals surface area contributed by atoms with Gasteiger partial charge < -0.3 is 5.32 Å². The van der Waals surface area contributed by atoms with Crippen molar-refractivity contribution in [2.24, 2.45) is 0 Å². The Morgan fingerprint density at radius 2 is 2.47 bits per heavy atom. The van der Waals surface area contributed by atoms with E-state index < -0.39 is 0 Å². The van der Waals surface area contributed by atoms with E-state index in [9.17, 15) is 9.18 Å². The first-order valence-electron chi connectivity index (χ1n) is 5.75. The van der Waals surface area contributed by atoms with Crippen molar-refractivity contribution in [3.8, 4) is 0 Å². The Morgan fingerprint density at radius 1 is 1.65 bits per heavy atom. The van der Waals surface area contributed by atoms with Crippen LogP contribution in [0.5, 0.6) is 0 Å². The van der Waals surface area contributed by atoms with Crippen molar-refractivity contribution in [1.82, 2.24) is 9.88 Å². The number of ketones is 1. The second kappa shape index (κ2) is 5.23. The van der Waals surface area contributed by atoms with Crippen molar-refractivity contribution in [2.75, 3.05) is 25.5 Å². The number of carbonyl (C=O) groups excluding carboxylic acids is 1. The predicted octanol–water partition coefficient (Wildman–Crippen LogP) is 1.30. The van der Waals surface area contributed by atoms with Gasteiger partial charge in [-0.3, -0.25) is 9.69 Å². The molecule has 1 aliphatic heterocycles. The smallest absolute Gasteiger partial charge is 0.168 e. The minimum absolute atomic E-state index is 0.0166. The molecule has 0 aromatic carbocycles. The fourth-order valence-electron chi connectivity index (χ4n) is 2.09. The number of anilines is 1. The van der Waals surface area contributed by atoms with Crippen LogP contribution in [0.25, 0.3) is 0 Å². The molecule has 1 fully saturated rings. The lowest BCUT2D eigenvalue weighted by atomic mass is 10.1.